The maximum absolute atomic E-state index is 12.0. The number of carbonyl (C=O) groups excluding carboxylic acids is 2. The molecule has 0 aliphatic carbocycles. The number of unbranched alkanes of at least 4 members (excludes halogenated alkanes) is 2. The van der Waals surface area contributed by atoms with E-state index < -0.39 is 38.2 Å². The number of ether oxygens (including phenoxy) is 3. The minimum Gasteiger partial charge on any atom is -0.463 e. The molecule has 11 nitrogen and oxygen atoms in total. The van der Waals surface area contributed by atoms with E-state index in [-0.39, 0.29) is 24.3 Å². The van der Waals surface area contributed by atoms with Crippen LogP contribution in [0, 0.1) is 24.2 Å². The van der Waals surface area contributed by atoms with Crippen LogP contribution < -0.4 is 15.4 Å². The highest BCUT2D eigenvalue weighted by molar-refractivity contribution is 7.51. The summed E-state index contributed by atoms with van der Waals surface area (Å²) in [5.41, 5.74) is 0. The molecule has 1 saturated heterocycles. The predicted octanol–water partition coefficient (Wildman–Crippen LogP) is 2.88. The van der Waals surface area contributed by atoms with E-state index in [2.05, 4.69) is 21.5 Å². The van der Waals surface area contributed by atoms with Gasteiger partial charge in [0.1, 0.15) is 17.7 Å². The lowest BCUT2D eigenvalue weighted by atomic mass is 9.83. The van der Waals surface area contributed by atoms with Crippen LogP contribution in [0.3, 0.4) is 0 Å². The first-order valence-corrected chi connectivity index (χ1v) is 13.3. The highest BCUT2D eigenvalue weighted by Crippen LogP contribution is 2.40. The lowest BCUT2D eigenvalue weighted by Crippen LogP contribution is -2.52. The Hall–Kier alpha value is -2.64. The Morgan fingerprint density at radius 1 is 1.26 bits per heavy atom. The highest BCUT2D eigenvalue weighted by Gasteiger charge is 2.45. The quantitative estimate of drug-likeness (QED) is 0.152. The molecule has 1 aromatic heterocycles. The van der Waals surface area contributed by atoms with Crippen molar-refractivity contribution in [3.8, 4) is 18.1 Å². The van der Waals surface area contributed by atoms with Crippen LogP contribution in [0.4, 0.5) is 10.6 Å². The Labute approximate surface area is 205 Å². The van der Waals surface area contributed by atoms with E-state index in [4.69, 9.17) is 20.6 Å². The Kier molecular flexibility index (Phi) is 11.0. The molecule has 0 saturated carbocycles. The van der Waals surface area contributed by atoms with Crippen molar-refractivity contribution in [2.75, 3.05) is 18.0 Å². The molecule has 0 spiro atoms. The van der Waals surface area contributed by atoms with Gasteiger partial charge < -0.3 is 29.3 Å². The number of urea groups is 1. The van der Waals surface area contributed by atoms with Crippen molar-refractivity contribution >= 4 is 25.4 Å². The average Bonchev–Trinajstić information content (AvgIpc) is 2.78. The van der Waals surface area contributed by atoms with Crippen molar-refractivity contribution in [2.24, 2.45) is 11.8 Å². The summed E-state index contributed by atoms with van der Waals surface area (Å²) >= 11 is 0. The van der Waals surface area contributed by atoms with E-state index in [9.17, 15) is 23.9 Å². The van der Waals surface area contributed by atoms with Gasteiger partial charge in [0.2, 0.25) is 6.29 Å². The molecule has 0 radical (unpaired) electrons. The highest BCUT2D eigenvalue weighted by atomic mass is 31.2. The Balaban J connectivity index is 1.97. The minimum atomic E-state index is -4.26. The molecule has 4 N–H and O–H groups in total. The third kappa shape index (κ3) is 9.86. The molecule has 5 atom stereocenters. The molecule has 35 heavy (non-hydrogen) atoms. The van der Waals surface area contributed by atoms with Crippen LogP contribution in [0.25, 0.3) is 0 Å². The monoisotopic (exact) mass is 511 g/mol. The molecule has 2 rings (SSSR count). The number of esters is 1. The van der Waals surface area contributed by atoms with Crippen LogP contribution in [-0.2, 0) is 18.8 Å². The third-order valence-electron chi connectivity index (χ3n) is 5.72. The smallest absolute Gasteiger partial charge is 0.325 e. The van der Waals surface area contributed by atoms with E-state index in [1.54, 1.807) is 12.1 Å². The second kappa shape index (κ2) is 13.4. The zero-order valence-corrected chi connectivity index (χ0v) is 21.1. The molecule has 0 unspecified atom stereocenters. The van der Waals surface area contributed by atoms with Crippen molar-refractivity contribution in [3.63, 3.8) is 0 Å². The van der Waals surface area contributed by atoms with Crippen molar-refractivity contribution in [1.82, 2.24) is 10.3 Å². The molecule has 1 aliphatic heterocycles. The van der Waals surface area contributed by atoms with Gasteiger partial charge in [-0.05, 0) is 31.4 Å². The maximum atomic E-state index is 12.0. The van der Waals surface area contributed by atoms with Crippen molar-refractivity contribution < 1.29 is 38.2 Å². The number of nitrogens with zero attached hydrogens (tertiary/aromatic N) is 1. The molecular weight excluding hydrogens is 477 g/mol. The second-order valence-electron chi connectivity index (χ2n) is 8.55. The molecular formula is C23H34N3O8P. The molecule has 0 bridgehead atoms. The van der Waals surface area contributed by atoms with E-state index in [0.29, 0.717) is 24.5 Å². The number of carbonyl (C=O) groups is 2. The van der Waals surface area contributed by atoms with E-state index in [1.807, 2.05) is 13.8 Å². The summed E-state index contributed by atoms with van der Waals surface area (Å²) in [6.07, 6.45) is 6.34. The second-order valence-corrected chi connectivity index (χ2v) is 10.3. The van der Waals surface area contributed by atoms with Gasteiger partial charge in [0.25, 0.3) is 0 Å². The fourth-order valence-electron chi connectivity index (χ4n) is 3.67. The van der Waals surface area contributed by atoms with Gasteiger partial charge in [-0.2, -0.15) is 0 Å². The van der Waals surface area contributed by atoms with Crippen LogP contribution in [0.5, 0.6) is 5.75 Å². The number of aromatic nitrogens is 1. The molecule has 0 aromatic carbocycles. The first-order valence-electron chi connectivity index (χ1n) is 11.5. The maximum Gasteiger partial charge on any atom is 0.325 e. The van der Waals surface area contributed by atoms with E-state index in [1.165, 1.54) is 13.1 Å². The van der Waals surface area contributed by atoms with Gasteiger partial charge in [-0.25, -0.2) is 9.78 Å². The Morgan fingerprint density at radius 3 is 2.60 bits per heavy atom. The molecule has 2 heterocycles. The third-order valence-corrected chi connectivity index (χ3v) is 6.56. The first-order chi connectivity index (χ1) is 16.5. The van der Waals surface area contributed by atoms with Gasteiger partial charge in [0.05, 0.1) is 18.5 Å². The van der Waals surface area contributed by atoms with Gasteiger partial charge >= 0.3 is 19.6 Å². The number of amides is 2. The number of hydrogen-bond donors (Lipinski definition) is 4. The number of rotatable bonds is 11. The van der Waals surface area contributed by atoms with Crippen LogP contribution in [0.2, 0.25) is 0 Å². The number of nitrogens with one attached hydrogen (secondary N) is 2. The average molecular weight is 512 g/mol. The van der Waals surface area contributed by atoms with E-state index in [0.717, 1.165) is 12.8 Å². The molecule has 1 fully saturated rings. The van der Waals surface area contributed by atoms with Gasteiger partial charge in [-0.3, -0.25) is 14.7 Å². The zero-order valence-electron chi connectivity index (χ0n) is 20.2. The molecule has 1 aliphatic rings. The summed E-state index contributed by atoms with van der Waals surface area (Å²) in [7, 11) is -4.26. The summed E-state index contributed by atoms with van der Waals surface area (Å²) < 4.78 is 28.7. The van der Waals surface area contributed by atoms with Gasteiger partial charge in [-0.1, -0.05) is 13.8 Å². The molecule has 1 aromatic rings. The summed E-state index contributed by atoms with van der Waals surface area (Å²) in [5.74, 6) is 2.36. The van der Waals surface area contributed by atoms with Crippen molar-refractivity contribution in [2.45, 2.75) is 65.0 Å². The van der Waals surface area contributed by atoms with Gasteiger partial charge in [0, 0.05) is 31.7 Å². The van der Waals surface area contributed by atoms with Crippen LogP contribution in [0.1, 0.15) is 46.5 Å². The largest absolute Gasteiger partial charge is 0.463 e. The number of terminal acetylenes is 1. The lowest BCUT2D eigenvalue weighted by molar-refractivity contribution is -0.239. The minimum absolute atomic E-state index is 0.00189. The van der Waals surface area contributed by atoms with Gasteiger partial charge in [-0.15, -0.1) is 12.3 Å². The summed E-state index contributed by atoms with van der Waals surface area (Å²) in [4.78, 5) is 46.3. The summed E-state index contributed by atoms with van der Waals surface area (Å²) in [6.45, 7) is 5.53. The van der Waals surface area contributed by atoms with E-state index >= 15 is 0 Å². The van der Waals surface area contributed by atoms with Crippen LogP contribution >= 0.6 is 7.60 Å². The SMILES string of the molecule is C#CCCCCNC(=O)Nc1ccc(O[C@H]2O[C@H](CCP(=O)(O)O)[C@@H](OC(C)=O)[C@H](C)[C@@H]2C)cn1. The molecule has 2 amide bonds. The Bertz CT molecular complexity index is 930. The number of hydrogen-bond acceptors (Lipinski definition) is 7. The zero-order chi connectivity index (χ0) is 26.0. The van der Waals surface area contributed by atoms with Crippen molar-refractivity contribution in [3.05, 3.63) is 18.3 Å². The molecule has 194 valence electrons. The van der Waals surface area contributed by atoms with Crippen molar-refractivity contribution in [1.29, 1.82) is 0 Å². The van der Waals surface area contributed by atoms with Gasteiger partial charge in [0.15, 0.2) is 0 Å². The van der Waals surface area contributed by atoms with Crippen LogP contribution in [0.15, 0.2) is 18.3 Å². The summed E-state index contributed by atoms with van der Waals surface area (Å²) in [6, 6.07) is 2.82. The molecule has 12 heteroatoms. The Morgan fingerprint density at radius 2 is 2.00 bits per heavy atom. The number of pyridine rings is 1. The fourth-order valence-corrected chi connectivity index (χ4v) is 4.26. The predicted molar refractivity (Wildman–Crippen MR) is 129 cm³/mol. The van der Waals surface area contributed by atoms with Crippen LogP contribution in [-0.4, -0.2) is 58.0 Å². The fraction of sp³-hybridized carbons (Fsp3) is 0.609. The summed E-state index contributed by atoms with van der Waals surface area (Å²) in [5, 5.41) is 5.36. The topological polar surface area (TPSA) is 156 Å². The lowest BCUT2D eigenvalue weighted by Gasteiger charge is -2.43. The normalized spacial score (nSPS) is 24.2. The first kappa shape index (κ1) is 28.6. The number of anilines is 1. The standard InChI is InChI=1S/C23H34N3O8P/c1-5-6-7-8-12-24-23(28)26-20-10-9-18(14-25-20)33-22-16(3)15(2)21(32-17(4)27)19(34-22)11-13-35(29,30)31/h1,9-10,14-16,19,21-22H,6-8,11-13H2,2-4H3,(H2,29,30,31)(H2,24,25,26,28)/t15-,16+,19-,21+,22+/m1/s1.